The fraction of sp³-hybridized carbons (Fsp3) is 0.250. The highest BCUT2D eigenvalue weighted by Crippen LogP contribution is 2.67. The highest BCUT2D eigenvalue weighted by atomic mass is 15.2. The Hall–Kier alpha value is -5.46. The first-order valence-electron chi connectivity index (χ1n) is 18.1. The van der Waals surface area contributed by atoms with E-state index >= 15 is 0 Å². The smallest absolute Gasteiger partial charge is 0.0998 e. The third-order valence-electron chi connectivity index (χ3n) is 12.2. The number of anilines is 3. The lowest BCUT2D eigenvalue weighted by atomic mass is 9.61. The fourth-order valence-corrected chi connectivity index (χ4v) is 9.58. The van der Waals surface area contributed by atoms with E-state index in [1.165, 1.54) is 78.3 Å². The maximum Gasteiger partial charge on any atom is 0.0998 e. The summed E-state index contributed by atoms with van der Waals surface area (Å²) in [6, 6.07) is 37.9. The predicted octanol–water partition coefficient (Wildman–Crippen LogP) is 12.3. The Morgan fingerprint density at radius 1 is 0.549 bits per heavy atom. The number of nitrogens with zero attached hydrogens (tertiary/aromatic N) is 3. The molecular formula is C48H43N3. The Morgan fingerprint density at radius 3 is 1.65 bits per heavy atom. The Bertz CT molecular complexity index is 2520. The molecule has 0 atom stereocenters. The van der Waals surface area contributed by atoms with Crippen molar-refractivity contribution in [2.45, 2.75) is 78.6 Å². The molecule has 6 aromatic rings. The first-order valence-corrected chi connectivity index (χ1v) is 18.1. The van der Waals surface area contributed by atoms with Gasteiger partial charge in [0.15, 0.2) is 0 Å². The van der Waals surface area contributed by atoms with Crippen molar-refractivity contribution in [1.82, 2.24) is 4.98 Å². The minimum absolute atomic E-state index is 0.299. The minimum Gasteiger partial charge on any atom is -0.307 e. The summed E-state index contributed by atoms with van der Waals surface area (Å²) in [5.41, 5.74) is 21.6. The van der Waals surface area contributed by atoms with Crippen LogP contribution in [0.1, 0.15) is 97.3 Å². The molecule has 0 bridgehead atoms. The standard InChI is InChI=1S/C48H43N3/c1-27-19-28(2)41(29(3)20-27)40-25-39-44-45(50-40)48(8,9)38-24-33(34-18-14-13-17-31(34)26-49)23-37-43(38)51(44)42-35(46(37,4)5)21-32(22-36(42)47(39,6)7)30-15-11-10-12-16-30/h10-25H,1-9H3. The van der Waals surface area contributed by atoms with Crippen molar-refractivity contribution in [1.29, 1.82) is 5.26 Å². The van der Waals surface area contributed by atoms with Crippen molar-refractivity contribution in [3.8, 4) is 39.6 Å². The monoisotopic (exact) mass is 661 g/mol. The van der Waals surface area contributed by atoms with Gasteiger partial charge in [-0.05, 0) is 132 Å². The van der Waals surface area contributed by atoms with E-state index in [1.807, 2.05) is 18.2 Å². The van der Waals surface area contributed by atoms with Gasteiger partial charge in [0.05, 0.1) is 40.1 Å². The average molecular weight is 662 g/mol. The zero-order valence-corrected chi connectivity index (χ0v) is 31.1. The maximum atomic E-state index is 10.2. The summed E-state index contributed by atoms with van der Waals surface area (Å²) in [5, 5.41) is 10.2. The van der Waals surface area contributed by atoms with Crippen molar-refractivity contribution in [3.63, 3.8) is 0 Å². The third-order valence-corrected chi connectivity index (χ3v) is 12.2. The minimum atomic E-state index is -0.421. The van der Waals surface area contributed by atoms with Gasteiger partial charge in [0.1, 0.15) is 0 Å². The molecule has 3 nitrogen and oxygen atoms in total. The van der Waals surface area contributed by atoms with Gasteiger partial charge in [-0.2, -0.15) is 5.26 Å². The molecule has 0 radical (unpaired) electrons. The molecule has 0 amide bonds. The van der Waals surface area contributed by atoms with Crippen molar-refractivity contribution >= 4 is 17.1 Å². The summed E-state index contributed by atoms with van der Waals surface area (Å²) in [7, 11) is 0. The van der Waals surface area contributed by atoms with Crippen LogP contribution in [-0.4, -0.2) is 4.98 Å². The molecule has 1 aromatic heterocycles. The topological polar surface area (TPSA) is 39.9 Å². The average Bonchev–Trinajstić information content (AvgIpc) is 3.10. The second kappa shape index (κ2) is 10.3. The summed E-state index contributed by atoms with van der Waals surface area (Å²) in [6.45, 7) is 20.9. The Morgan fingerprint density at radius 2 is 1.06 bits per heavy atom. The zero-order chi connectivity index (χ0) is 35.8. The van der Waals surface area contributed by atoms with Gasteiger partial charge in [-0.1, -0.05) is 93.9 Å². The van der Waals surface area contributed by atoms with Crippen LogP contribution in [0.5, 0.6) is 0 Å². The third kappa shape index (κ3) is 4.14. The Labute approximate surface area is 302 Å². The molecule has 3 aliphatic rings. The van der Waals surface area contributed by atoms with Crippen LogP contribution in [0.3, 0.4) is 0 Å². The highest BCUT2D eigenvalue weighted by Gasteiger charge is 2.53. The van der Waals surface area contributed by atoms with Crippen molar-refractivity contribution in [3.05, 3.63) is 153 Å². The van der Waals surface area contributed by atoms with Crippen LogP contribution in [0.2, 0.25) is 0 Å². The molecule has 3 heteroatoms. The van der Waals surface area contributed by atoms with Crippen LogP contribution in [0, 0.1) is 32.1 Å². The number of hydrogen-bond acceptors (Lipinski definition) is 3. The van der Waals surface area contributed by atoms with Gasteiger partial charge < -0.3 is 4.90 Å². The lowest BCUT2D eigenvalue weighted by Gasteiger charge is -2.55. The van der Waals surface area contributed by atoms with E-state index in [9.17, 15) is 5.26 Å². The number of nitriles is 1. The second-order valence-corrected chi connectivity index (χ2v) is 16.6. The Kier molecular flexibility index (Phi) is 6.37. The fourth-order valence-electron chi connectivity index (χ4n) is 9.58. The van der Waals surface area contributed by atoms with Crippen LogP contribution in [0.4, 0.5) is 17.1 Å². The van der Waals surface area contributed by atoms with Crippen LogP contribution in [-0.2, 0) is 16.2 Å². The van der Waals surface area contributed by atoms with Gasteiger partial charge in [0, 0.05) is 21.8 Å². The quantitative estimate of drug-likeness (QED) is 0.189. The van der Waals surface area contributed by atoms with E-state index < -0.39 is 5.41 Å². The van der Waals surface area contributed by atoms with Gasteiger partial charge >= 0.3 is 0 Å². The molecule has 0 fully saturated rings. The molecular weight excluding hydrogens is 619 g/mol. The van der Waals surface area contributed by atoms with Crippen LogP contribution in [0.25, 0.3) is 33.5 Å². The van der Waals surface area contributed by atoms with E-state index in [0.717, 1.165) is 22.5 Å². The molecule has 5 aromatic carbocycles. The summed E-state index contributed by atoms with van der Waals surface area (Å²) in [5.74, 6) is 0. The molecule has 9 rings (SSSR count). The second-order valence-electron chi connectivity index (χ2n) is 16.6. The SMILES string of the molecule is Cc1cc(C)c(-c2cc3c4c(n2)C(C)(C)c2cc(-c5ccccc5C#N)cc5c2N4c2c(cc(-c4ccccc4)cc2C3(C)C)C5(C)C)c(C)c1. The van der Waals surface area contributed by atoms with Crippen LogP contribution in [0.15, 0.2) is 97.1 Å². The number of aryl methyl sites for hydroxylation is 3. The van der Waals surface area contributed by atoms with Gasteiger partial charge in [-0.25, -0.2) is 4.98 Å². The first kappa shape index (κ1) is 31.5. The summed E-state index contributed by atoms with van der Waals surface area (Å²) in [6.07, 6.45) is 0. The number of rotatable bonds is 3. The summed E-state index contributed by atoms with van der Waals surface area (Å²) >= 11 is 0. The molecule has 250 valence electrons. The first-order chi connectivity index (χ1) is 24.2. The summed E-state index contributed by atoms with van der Waals surface area (Å²) in [4.78, 5) is 8.30. The molecule has 3 aliphatic heterocycles. The van der Waals surface area contributed by atoms with Crippen LogP contribution < -0.4 is 4.90 Å². The molecule has 4 heterocycles. The van der Waals surface area contributed by atoms with Gasteiger partial charge in [0.2, 0.25) is 0 Å². The highest BCUT2D eigenvalue weighted by molar-refractivity contribution is 6.00. The van der Waals surface area contributed by atoms with E-state index in [0.29, 0.717) is 5.56 Å². The predicted molar refractivity (Wildman–Crippen MR) is 211 cm³/mol. The molecule has 0 spiro atoms. The summed E-state index contributed by atoms with van der Waals surface area (Å²) < 4.78 is 0. The lowest BCUT2D eigenvalue weighted by molar-refractivity contribution is 0.557. The van der Waals surface area contributed by atoms with Crippen molar-refractivity contribution in [2.24, 2.45) is 0 Å². The maximum absolute atomic E-state index is 10.2. The molecule has 0 aliphatic carbocycles. The molecule has 51 heavy (non-hydrogen) atoms. The number of benzene rings is 5. The number of aromatic nitrogens is 1. The molecule has 0 unspecified atom stereocenters. The van der Waals surface area contributed by atoms with Crippen molar-refractivity contribution in [2.75, 3.05) is 4.90 Å². The van der Waals surface area contributed by atoms with E-state index in [4.69, 9.17) is 4.98 Å². The molecule has 0 N–H and O–H groups in total. The number of hydrogen-bond donors (Lipinski definition) is 0. The number of pyridine rings is 1. The van der Waals surface area contributed by atoms with E-state index in [2.05, 4.69) is 152 Å². The van der Waals surface area contributed by atoms with Gasteiger partial charge in [-0.15, -0.1) is 0 Å². The molecule has 0 saturated carbocycles. The van der Waals surface area contributed by atoms with Crippen LogP contribution >= 0.6 is 0 Å². The van der Waals surface area contributed by atoms with Gasteiger partial charge in [0.25, 0.3) is 0 Å². The molecule has 0 saturated heterocycles. The van der Waals surface area contributed by atoms with Gasteiger partial charge in [-0.3, -0.25) is 0 Å². The van der Waals surface area contributed by atoms with Crippen molar-refractivity contribution < 1.29 is 0 Å². The zero-order valence-electron chi connectivity index (χ0n) is 31.1. The Balaban J connectivity index is 1.45. The largest absolute Gasteiger partial charge is 0.307 e. The normalized spacial score (nSPS) is 16.4. The van der Waals surface area contributed by atoms with E-state index in [1.54, 1.807) is 0 Å². The van der Waals surface area contributed by atoms with E-state index in [-0.39, 0.29) is 10.8 Å². The lowest BCUT2D eigenvalue weighted by Crippen LogP contribution is -2.44.